The van der Waals surface area contributed by atoms with Gasteiger partial charge in [0.1, 0.15) is 11.9 Å². The van der Waals surface area contributed by atoms with Gasteiger partial charge in [-0.15, -0.1) is 0 Å². The molecule has 2 atom stereocenters. The molecule has 0 bridgehead atoms. The molecule has 0 saturated heterocycles. The smallest absolute Gasteiger partial charge is 0.216 e. The predicted octanol–water partition coefficient (Wildman–Crippen LogP) is 0.0681. The van der Waals surface area contributed by atoms with Gasteiger partial charge in [0.25, 0.3) is 0 Å². The molecular formula is C13H21N3O3. The number of aliphatic hydroxyl groups excluding tert-OH is 2. The van der Waals surface area contributed by atoms with E-state index in [1.807, 2.05) is 19.0 Å². The largest absolute Gasteiger partial charge is 0.390 e. The number of carbonyl (C=O) groups is 1. The first-order chi connectivity index (χ1) is 8.91. The van der Waals surface area contributed by atoms with Crippen molar-refractivity contribution in [2.45, 2.75) is 25.6 Å². The lowest BCUT2D eigenvalue weighted by Gasteiger charge is -2.19. The van der Waals surface area contributed by atoms with Gasteiger partial charge in [-0.05, 0) is 12.5 Å². The van der Waals surface area contributed by atoms with Crippen LogP contribution in [-0.4, -0.2) is 47.8 Å². The summed E-state index contributed by atoms with van der Waals surface area (Å²) in [6, 6.07) is 3.51. The van der Waals surface area contributed by atoms with Gasteiger partial charge < -0.3 is 20.4 Å². The van der Waals surface area contributed by atoms with Gasteiger partial charge in [0.05, 0.1) is 6.10 Å². The van der Waals surface area contributed by atoms with E-state index in [2.05, 4.69) is 10.3 Å². The highest BCUT2D eigenvalue weighted by Crippen LogP contribution is 2.19. The molecule has 1 aromatic rings. The number of nitrogens with zero attached hydrogens (tertiary/aromatic N) is 2. The minimum Gasteiger partial charge on any atom is -0.390 e. The number of nitrogens with one attached hydrogen (secondary N) is 1. The van der Waals surface area contributed by atoms with Gasteiger partial charge in [-0.1, -0.05) is 6.07 Å². The fraction of sp³-hybridized carbons (Fsp3) is 0.538. The van der Waals surface area contributed by atoms with Crippen LogP contribution >= 0.6 is 0 Å². The van der Waals surface area contributed by atoms with Crippen molar-refractivity contribution < 1.29 is 15.0 Å². The van der Waals surface area contributed by atoms with Gasteiger partial charge in [0, 0.05) is 39.3 Å². The third-order valence-corrected chi connectivity index (χ3v) is 2.75. The lowest BCUT2D eigenvalue weighted by atomic mass is 10.0. The van der Waals surface area contributed by atoms with E-state index < -0.39 is 12.2 Å². The van der Waals surface area contributed by atoms with Crippen molar-refractivity contribution in [1.82, 2.24) is 10.3 Å². The standard InChI is InChI=1S/C13H21N3O3/c1-9(17)14-7-6-11(18)13(19)10-4-5-12(15-8-10)16(2)3/h4-5,8,11,13,18-19H,6-7H2,1-3H3,(H,14,17). The summed E-state index contributed by atoms with van der Waals surface area (Å²) in [7, 11) is 3.75. The molecule has 1 aromatic heterocycles. The average molecular weight is 267 g/mol. The van der Waals surface area contributed by atoms with Crippen LogP contribution in [-0.2, 0) is 4.79 Å². The third kappa shape index (κ3) is 4.84. The maximum Gasteiger partial charge on any atom is 0.216 e. The van der Waals surface area contributed by atoms with Crippen molar-refractivity contribution in [3.63, 3.8) is 0 Å². The fourth-order valence-electron chi connectivity index (χ4n) is 1.61. The van der Waals surface area contributed by atoms with Crippen LogP contribution in [0.3, 0.4) is 0 Å². The Kier molecular flexibility index (Phi) is 5.72. The first-order valence-corrected chi connectivity index (χ1v) is 6.15. The number of carbonyl (C=O) groups excluding carboxylic acids is 1. The van der Waals surface area contributed by atoms with Crippen LogP contribution in [0, 0.1) is 0 Å². The normalized spacial score (nSPS) is 13.7. The second-order valence-corrected chi connectivity index (χ2v) is 4.63. The Labute approximate surface area is 113 Å². The molecule has 106 valence electrons. The molecule has 2 unspecified atom stereocenters. The fourth-order valence-corrected chi connectivity index (χ4v) is 1.61. The molecule has 1 amide bonds. The van der Waals surface area contributed by atoms with Crippen molar-refractivity contribution in [2.24, 2.45) is 0 Å². The number of aromatic nitrogens is 1. The van der Waals surface area contributed by atoms with Crippen LogP contribution in [0.15, 0.2) is 18.3 Å². The number of aliphatic hydroxyl groups is 2. The lowest BCUT2D eigenvalue weighted by Crippen LogP contribution is -2.27. The van der Waals surface area contributed by atoms with Gasteiger partial charge in [-0.25, -0.2) is 4.98 Å². The number of hydrogen-bond acceptors (Lipinski definition) is 5. The second-order valence-electron chi connectivity index (χ2n) is 4.63. The summed E-state index contributed by atoms with van der Waals surface area (Å²) < 4.78 is 0. The zero-order valence-electron chi connectivity index (χ0n) is 11.5. The summed E-state index contributed by atoms with van der Waals surface area (Å²) >= 11 is 0. The molecule has 6 heteroatoms. The Balaban J connectivity index is 2.56. The van der Waals surface area contributed by atoms with E-state index in [1.165, 1.54) is 6.92 Å². The summed E-state index contributed by atoms with van der Waals surface area (Å²) in [4.78, 5) is 16.7. The summed E-state index contributed by atoms with van der Waals surface area (Å²) in [6.07, 6.45) is -0.103. The Morgan fingerprint density at radius 3 is 2.58 bits per heavy atom. The van der Waals surface area contributed by atoms with Crippen LogP contribution in [0.5, 0.6) is 0 Å². The molecule has 1 heterocycles. The molecule has 0 spiro atoms. The van der Waals surface area contributed by atoms with Gasteiger partial charge in [0.2, 0.25) is 5.91 Å². The molecule has 0 fully saturated rings. The number of anilines is 1. The summed E-state index contributed by atoms with van der Waals surface area (Å²) in [6.45, 7) is 1.74. The van der Waals surface area contributed by atoms with Crippen molar-refractivity contribution in [3.8, 4) is 0 Å². The molecule has 19 heavy (non-hydrogen) atoms. The molecule has 3 N–H and O–H groups in total. The summed E-state index contributed by atoms with van der Waals surface area (Å²) in [5.74, 6) is 0.627. The van der Waals surface area contributed by atoms with Gasteiger partial charge >= 0.3 is 0 Å². The highest BCUT2D eigenvalue weighted by Gasteiger charge is 2.18. The van der Waals surface area contributed by atoms with E-state index in [0.717, 1.165) is 5.82 Å². The molecule has 0 radical (unpaired) electrons. The molecule has 0 aliphatic heterocycles. The van der Waals surface area contributed by atoms with E-state index in [1.54, 1.807) is 18.3 Å². The van der Waals surface area contributed by atoms with Crippen molar-refractivity contribution in [2.75, 3.05) is 25.5 Å². The van der Waals surface area contributed by atoms with Crippen LogP contribution in [0.25, 0.3) is 0 Å². The SMILES string of the molecule is CC(=O)NCCC(O)C(O)c1ccc(N(C)C)nc1. The van der Waals surface area contributed by atoms with E-state index in [4.69, 9.17) is 0 Å². The predicted molar refractivity (Wildman–Crippen MR) is 72.8 cm³/mol. The molecule has 0 aromatic carbocycles. The van der Waals surface area contributed by atoms with Crippen molar-refractivity contribution in [1.29, 1.82) is 0 Å². The van der Waals surface area contributed by atoms with Crippen LogP contribution in [0.4, 0.5) is 5.82 Å². The van der Waals surface area contributed by atoms with Crippen LogP contribution in [0.1, 0.15) is 25.0 Å². The average Bonchev–Trinajstić information content (AvgIpc) is 2.37. The monoisotopic (exact) mass is 267 g/mol. The van der Waals surface area contributed by atoms with E-state index in [0.29, 0.717) is 12.1 Å². The Morgan fingerprint density at radius 1 is 1.42 bits per heavy atom. The lowest BCUT2D eigenvalue weighted by molar-refractivity contribution is -0.119. The molecule has 0 saturated carbocycles. The minimum atomic E-state index is -1.00. The highest BCUT2D eigenvalue weighted by molar-refractivity contribution is 5.72. The van der Waals surface area contributed by atoms with Gasteiger partial charge in [-0.3, -0.25) is 4.79 Å². The van der Waals surface area contributed by atoms with E-state index in [-0.39, 0.29) is 12.3 Å². The second kappa shape index (κ2) is 7.06. The first-order valence-electron chi connectivity index (χ1n) is 6.15. The molecule has 6 nitrogen and oxygen atoms in total. The Hall–Kier alpha value is -1.66. The quantitative estimate of drug-likeness (QED) is 0.679. The van der Waals surface area contributed by atoms with Crippen molar-refractivity contribution in [3.05, 3.63) is 23.9 Å². The molecule has 0 aliphatic carbocycles. The Bertz CT molecular complexity index is 406. The maximum absolute atomic E-state index is 10.7. The first kappa shape index (κ1) is 15.4. The number of hydrogen-bond donors (Lipinski definition) is 3. The topological polar surface area (TPSA) is 85.7 Å². The number of rotatable bonds is 6. The van der Waals surface area contributed by atoms with E-state index >= 15 is 0 Å². The molecular weight excluding hydrogens is 246 g/mol. The third-order valence-electron chi connectivity index (χ3n) is 2.75. The van der Waals surface area contributed by atoms with E-state index in [9.17, 15) is 15.0 Å². The minimum absolute atomic E-state index is 0.154. The summed E-state index contributed by atoms with van der Waals surface area (Å²) in [5, 5.41) is 22.4. The molecule has 1 rings (SSSR count). The Morgan fingerprint density at radius 2 is 2.11 bits per heavy atom. The maximum atomic E-state index is 10.7. The van der Waals surface area contributed by atoms with Gasteiger partial charge in [-0.2, -0.15) is 0 Å². The number of amides is 1. The number of pyridine rings is 1. The highest BCUT2D eigenvalue weighted by atomic mass is 16.3. The van der Waals surface area contributed by atoms with Crippen molar-refractivity contribution >= 4 is 11.7 Å². The van der Waals surface area contributed by atoms with Crippen LogP contribution < -0.4 is 10.2 Å². The van der Waals surface area contributed by atoms with Gasteiger partial charge in [0.15, 0.2) is 0 Å². The zero-order valence-corrected chi connectivity index (χ0v) is 11.5. The summed E-state index contributed by atoms with van der Waals surface area (Å²) in [5.41, 5.74) is 0.556. The molecule has 0 aliphatic rings. The zero-order chi connectivity index (χ0) is 14.4. The van der Waals surface area contributed by atoms with Crippen LogP contribution in [0.2, 0.25) is 0 Å².